The molecule has 0 aromatic rings. The van der Waals surface area contributed by atoms with Crippen LogP contribution in [0.2, 0.25) is 0 Å². The Hall–Kier alpha value is -0.570. The van der Waals surface area contributed by atoms with E-state index in [1.54, 1.807) is 4.90 Å². The number of nitrogens with zero attached hydrogens (tertiary/aromatic N) is 1. The molecule has 3 nitrogen and oxygen atoms in total. The summed E-state index contributed by atoms with van der Waals surface area (Å²) in [5.74, 6) is 2.43. The van der Waals surface area contributed by atoms with Gasteiger partial charge in [0.2, 0.25) is 5.91 Å². The Morgan fingerprint density at radius 1 is 1.21 bits per heavy atom. The Balaban J connectivity index is 2.41. The van der Waals surface area contributed by atoms with E-state index in [9.17, 15) is 4.79 Å². The predicted octanol–water partition coefficient (Wildman–Crippen LogP) is 2.91. The van der Waals surface area contributed by atoms with Gasteiger partial charge in [0.1, 0.15) is 0 Å². The Kier molecular flexibility index (Phi) is 6.84. The Labute approximate surface area is 119 Å². The van der Waals surface area contributed by atoms with E-state index in [4.69, 9.17) is 0 Å². The summed E-state index contributed by atoms with van der Waals surface area (Å²) < 4.78 is 0. The molecule has 1 aliphatic carbocycles. The second kappa shape index (κ2) is 7.88. The molecule has 3 heteroatoms. The van der Waals surface area contributed by atoms with Crippen LogP contribution in [0.1, 0.15) is 52.9 Å². The van der Waals surface area contributed by atoms with Crippen molar-refractivity contribution in [3.05, 3.63) is 0 Å². The van der Waals surface area contributed by atoms with Gasteiger partial charge in [-0.2, -0.15) is 0 Å². The summed E-state index contributed by atoms with van der Waals surface area (Å²) in [4.78, 5) is 13.9. The average Bonchev–Trinajstić information content (AvgIpc) is 2.35. The lowest BCUT2D eigenvalue weighted by molar-refractivity contribution is -0.131. The zero-order chi connectivity index (χ0) is 14.4. The van der Waals surface area contributed by atoms with Gasteiger partial charge >= 0.3 is 0 Å². The van der Waals surface area contributed by atoms with Crippen molar-refractivity contribution in [3.8, 4) is 0 Å². The monoisotopic (exact) mass is 268 g/mol. The third kappa shape index (κ3) is 5.94. The molecule has 0 bridgehead atoms. The van der Waals surface area contributed by atoms with Gasteiger partial charge in [0.15, 0.2) is 0 Å². The minimum absolute atomic E-state index is 0.00523. The van der Waals surface area contributed by atoms with Crippen LogP contribution in [0.3, 0.4) is 0 Å². The first-order chi connectivity index (χ1) is 8.90. The van der Waals surface area contributed by atoms with Crippen LogP contribution in [0.25, 0.3) is 0 Å². The third-order valence-electron chi connectivity index (χ3n) is 4.23. The molecule has 1 N–H and O–H groups in total. The highest BCUT2D eigenvalue weighted by atomic mass is 16.2. The van der Waals surface area contributed by atoms with E-state index in [1.807, 2.05) is 14.1 Å². The van der Waals surface area contributed by atoms with E-state index in [-0.39, 0.29) is 11.9 Å². The van der Waals surface area contributed by atoms with Crippen LogP contribution in [0, 0.1) is 17.8 Å². The molecular weight excluding hydrogens is 236 g/mol. The molecule has 1 amide bonds. The maximum atomic E-state index is 12.2. The number of likely N-dealkylation sites (N-methyl/N-ethyl adjacent to an activating group) is 1. The summed E-state index contributed by atoms with van der Waals surface area (Å²) in [6, 6.07) is -0.00523. The number of rotatable bonds is 6. The second-order valence-corrected chi connectivity index (χ2v) is 6.95. The van der Waals surface area contributed by atoms with Crippen molar-refractivity contribution in [1.29, 1.82) is 0 Å². The van der Waals surface area contributed by atoms with Gasteiger partial charge < -0.3 is 10.2 Å². The first kappa shape index (κ1) is 16.5. The van der Waals surface area contributed by atoms with Gasteiger partial charge in [-0.3, -0.25) is 4.79 Å². The van der Waals surface area contributed by atoms with Crippen molar-refractivity contribution >= 4 is 5.91 Å². The van der Waals surface area contributed by atoms with Gasteiger partial charge in [-0.1, -0.05) is 33.6 Å². The quantitative estimate of drug-likeness (QED) is 0.803. The lowest BCUT2D eigenvalue weighted by Crippen LogP contribution is -2.46. The highest BCUT2D eigenvalue weighted by molar-refractivity contribution is 5.81. The Morgan fingerprint density at radius 3 is 2.26 bits per heavy atom. The van der Waals surface area contributed by atoms with Crippen molar-refractivity contribution in [3.63, 3.8) is 0 Å². The van der Waals surface area contributed by atoms with Crippen LogP contribution < -0.4 is 5.32 Å². The fraction of sp³-hybridized carbons (Fsp3) is 0.938. The number of amides is 1. The first-order valence-corrected chi connectivity index (χ1v) is 7.84. The van der Waals surface area contributed by atoms with Gasteiger partial charge in [0, 0.05) is 14.1 Å². The number of nitrogens with one attached hydrogen (secondary N) is 1. The van der Waals surface area contributed by atoms with E-state index in [1.165, 1.54) is 25.7 Å². The number of carbonyl (C=O) groups excluding carboxylic acids is 1. The average molecular weight is 268 g/mol. The largest absolute Gasteiger partial charge is 0.347 e. The lowest BCUT2D eigenvalue weighted by atomic mass is 9.83. The minimum atomic E-state index is -0.00523. The molecular formula is C16H32N2O. The minimum Gasteiger partial charge on any atom is -0.347 e. The van der Waals surface area contributed by atoms with Crippen LogP contribution in [0.4, 0.5) is 0 Å². The molecule has 1 aliphatic rings. The topological polar surface area (TPSA) is 32.3 Å². The third-order valence-corrected chi connectivity index (χ3v) is 4.23. The van der Waals surface area contributed by atoms with E-state index in [0.717, 1.165) is 24.8 Å². The Morgan fingerprint density at radius 2 is 1.79 bits per heavy atom. The van der Waals surface area contributed by atoms with Crippen LogP contribution in [-0.2, 0) is 4.79 Å². The summed E-state index contributed by atoms with van der Waals surface area (Å²) in [7, 11) is 3.69. The Bertz CT molecular complexity index is 268. The van der Waals surface area contributed by atoms with E-state index < -0.39 is 0 Å². The predicted molar refractivity (Wildman–Crippen MR) is 81.1 cm³/mol. The molecule has 0 radical (unpaired) electrons. The summed E-state index contributed by atoms with van der Waals surface area (Å²) in [6.45, 7) is 7.71. The van der Waals surface area contributed by atoms with Gasteiger partial charge in [-0.25, -0.2) is 0 Å². The van der Waals surface area contributed by atoms with Gasteiger partial charge in [-0.05, 0) is 43.6 Å². The normalized spacial score (nSPS) is 25.4. The van der Waals surface area contributed by atoms with Gasteiger partial charge in [-0.15, -0.1) is 0 Å². The molecule has 0 spiro atoms. The molecule has 0 aromatic carbocycles. The molecule has 1 saturated carbocycles. The van der Waals surface area contributed by atoms with Crippen LogP contribution in [-0.4, -0.2) is 37.5 Å². The SMILES string of the molecule is CC(C)CC(NCC1CCC(C)CC1)C(=O)N(C)C. The maximum Gasteiger partial charge on any atom is 0.239 e. The number of carbonyl (C=O) groups is 1. The fourth-order valence-electron chi connectivity index (χ4n) is 2.90. The standard InChI is InChI=1S/C16H32N2O/c1-12(2)10-15(16(19)18(4)5)17-11-14-8-6-13(3)7-9-14/h12-15,17H,6-11H2,1-5H3. The highest BCUT2D eigenvalue weighted by Crippen LogP contribution is 2.27. The van der Waals surface area contributed by atoms with E-state index in [0.29, 0.717) is 5.92 Å². The smallest absolute Gasteiger partial charge is 0.239 e. The number of hydrogen-bond acceptors (Lipinski definition) is 2. The zero-order valence-electron chi connectivity index (χ0n) is 13.4. The molecule has 1 rings (SSSR count). The van der Waals surface area contributed by atoms with Crippen molar-refractivity contribution in [2.24, 2.45) is 17.8 Å². The summed E-state index contributed by atoms with van der Waals surface area (Å²) in [5.41, 5.74) is 0. The van der Waals surface area contributed by atoms with E-state index in [2.05, 4.69) is 26.1 Å². The van der Waals surface area contributed by atoms with Crippen LogP contribution in [0.5, 0.6) is 0 Å². The zero-order valence-corrected chi connectivity index (χ0v) is 13.4. The van der Waals surface area contributed by atoms with Gasteiger partial charge in [0.05, 0.1) is 6.04 Å². The van der Waals surface area contributed by atoms with Crippen LogP contribution in [0.15, 0.2) is 0 Å². The second-order valence-electron chi connectivity index (χ2n) is 6.95. The van der Waals surface area contributed by atoms with Crippen molar-refractivity contribution in [2.45, 2.75) is 58.9 Å². The maximum absolute atomic E-state index is 12.2. The molecule has 112 valence electrons. The fourth-order valence-corrected chi connectivity index (χ4v) is 2.90. The van der Waals surface area contributed by atoms with Crippen molar-refractivity contribution in [2.75, 3.05) is 20.6 Å². The van der Waals surface area contributed by atoms with Crippen molar-refractivity contribution in [1.82, 2.24) is 10.2 Å². The first-order valence-electron chi connectivity index (χ1n) is 7.84. The lowest BCUT2D eigenvalue weighted by Gasteiger charge is -2.29. The molecule has 1 unspecified atom stereocenters. The molecule has 19 heavy (non-hydrogen) atoms. The molecule has 1 fully saturated rings. The molecule has 0 aliphatic heterocycles. The van der Waals surface area contributed by atoms with Gasteiger partial charge in [0.25, 0.3) is 0 Å². The molecule has 1 atom stereocenters. The van der Waals surface area contributed by atoms with Crippen LogP contribution >= 0.6 is 0 Å². The summed E-state index contributed by atoms with van der Waals surface area (Å²) in [6.07, 6.45) is 6.27. The molecule has 0 heterocycles. The summed E-state index contributed by atoms with van der Waals surface area (Å²) >= 11 is 0. The molecule has 0 saturated heterocycles. The molecule has 0 aromatic heterocycles. The van der Waals surface area contributed by atoms with E-state index >= 15 is 0 Å². The van der Waals surface area contributed by atoms with Crippen molar-refractivity contribution < 1.29 is 4.79 Å². The number of hydrogen-bond donors (Lipinski definition) is 1. The summed E-state index contributed by atoms with van der Waals surface area (Å²) in [5, 5.41) is 3.53. The highest BCUT2D eigenvalue weighted by Gasteiger charge is 2.23.